The van der Waals surface area contributed by atoms with E-state index in [9.17, 15) is 0 Å². The number of ether oxygens (including phenoxy) is 1. The molecular formula is C15H18O2. The van der Waals surface area contributed by atoms with Crippen LogP contribution in [0.3, 0.4) is 0 Å². The van der Waals surface area contributed by atoms with Gasteiger partial charge in [0.05, 0.1) is 6.61 Å². The molecule has 2 heteroatoms. The minimum absolute atomic E-state index is 0.0549. The summed E-state index contributed by atoms with van der Waals surface area (Å²) >= 11 is 0. The van der Waals surface area contributed by atoms with E-state index in [-0.39, 0.29) is 6.61 Å². The Balaban J connectivity index is 2.56. The fourth-order valence-electron chi connectivity index (χ4n) is 1.25. The molecule has 17 heavy (non-hydrogen) atoms. The standard InChI is InChI=1S/C15H18O2/c1-3-5-6-13(4-2)12-17-15-9-7-14(11-16)8-10-15/h3-10,16H,2,11-12H2,1H3/b5-3-,13-6+. The number of benzene rings is 1. The number of hydrogen-bond donors (Lipinski definition) is 1. The SMILES string of the molecule is C=C/C(=C\C=C/C)COc1ccc(CO)cc1. The van der Waals surface area contributed by atoms with Crippen molar-refractivity contribution in [2.45, 2.75) is 13.5 Å². The third-order valence-electron chi connectivity index (χ3n) is 2.28. The molecule has 2 nitrogen and oxygen atoms in total. The van der Waals surface area contributed by atoms with Crippen molar-refractivity contribution in [2.24, 2.45) is 0 Å². The predicted molar refractivity (Wildman–Crippen MR) is 71.0 cm³/mol. The Morgan fingerprint density at radius 1 is 1.35 bits per heavy atom. The highest BCUT2D eigenvalue weighted by atomic mass is 16.5. The minimum Gasteiger partial charge on any atom is -0.489 e. The molecule has 0 aromatic heterocycles. The van der Waals surface area contributed by atoms with Gasteiger partial charge in [0.1, 0.15) is 12.4 Å². The highest BCUT2D eigenvalue weighted by Gasteiger charge is 1.96. The molecule has 0 saturated heterocycles. The van der Waals surface area contributed by atoms with Crippen LogP contribution in [-0.4, -0.2) is 11.7 Å². The van der Waals surface area contributed by atoms with Crippen molar-refractivity contribution in [3.05, 3.63) is 66.3 Å². The molecule has 0 aliphatic rings. The van der Waals surface area contributed by atoms with Gasteiger partial charge < -0.3 is 9.84 Å². The van der Waals surface area contributed by atoms with Crippen molar-refractivity contribution in [1.29, 1.82) is 0 Å². The highest BCUT2D eigenvalue weighted by Crippen LogP contribution is 2.13. The maximum absolute atomic E-state index is 8.91. The maximum atomic E-state index is 8.91. The van der Waals surface area contributed by atoms with Crippen molar-refractivity contribution in [1.82, 2.24) is 0 Å². The molecule has 0 radical (unpaired) electrons. The lowest BCUT2D eigenvalue weighted by Gasteiger charge is -2.07. The zero-order valence-electron chi connectivity index (χ0n) is 10.1. The first kappa shape index (κ1) is 13.3. The fourth-order valence-corrected chi connectivity index (χ4v) is 1.25. The second-order valence-electron chi connectivity index (χ2n) is 3.56. The van der Waals surface area contributed by atoms with E-state index in [1.807, 2.05) is 49.4 Å². The van der Waals surface area contributed by atoms with Gasteiger partial charge in [-0.3, -0.25) is 0 Å². The largest absolute Gasteiger partial charge is 0.489 e. The second-order valence-corrected chi connectivity index (χ2v) is 3.56. The summed E-state index contributed by atoms with van der Waals surface area (Å²) in [5.41, 5.74) is 1.90. The summed E-state index contributed by atoms with van der Waals surface area (Å²) in [6.07, 6.45) is 7.66. The van der Waals surface area contributed by atoms with Crippen molar-refractivity contribution in [2.75, 3.05) is 6.61 Å². The third kappa shape index (κ3) is 4.70. The molecule has 0 fully saturated rings. The topological polar surface area (TPSA) is 29.5 Å². The predicted octanol–water partition coefficient (Wildman–Crippen LogP) is 3.25. The monoisotopic (exact) mass is 230 g/mol. The number of allylic oxidation sites excluding steroid dienone is 3. The molecule has 90 valence electrons. The van der Waals surface area contributed by atoms with Crippen LogP contribution < -0.4 is 4.74 Å². The molecule has 0 aliphatic heterocycles. The van der Waals surface area contributed by atoms with E-state index in [0.717, 1.165) is 16.9 Å². The van der Waals surface area contributed by atoms with Gasteiger partial charge in [-0.15, -0.1) is 0 Å². The zero-order valence-corrected chi connectivity index (χ0v) is 10.1. The molecule has 0 spiro atoms. The first-order valence-corrected chi connectivity index (χ1v) is 5.57. The summed E-state index contributed by atoms with van der Waals surface area (Å²) in [6.45, 7) is 6.25. The van der Waals surface area contributed by atoms with Crippen molar-refractivity contribution < 1.29 is 9.84 Å². The first-order chi connectivity index (χ1) is 8.30. The Bertz CT molecular complexity index is 399. The third-order valence-corrected chi connectivity index (χ3v) is 2.28. The Morgan fingerprint density at radius 3 is 2.59 bits per heavy atom. The molecule has 0 bridgehead atoms. The van der Waals surface area contributed by atoms with E-state index in [1.54, 1.807) is 6.08 Å². The number of aliphatic hydroxyl groups is 1. The Labute approximate surface area is 103 Å². The van der Waals surface area contributed by atoms with Gasteiger partial charge in [0.25, 0.3) is 0 Å². The summed E-state index contributed by atoms with van der Waals surface area (Å²) in [4.78, 5) is 0. The van der Waals surface area contributed by atoms with Gasteiger partial charge in [-0.25, -0.2) is 0 Å². The summed E-state index contributed by atoms with van der Waals surface area (Å²) in [7, 11) is 0. The van der Waals surface area contributed by atoms with E-state index >= 15 is 0 Å². The van der Waals surface area contributed by atoms with Crippen LogP contribution in [0.5, 0.6) is 5.75 Å². The summed E-state index contributed by atoms with van der Waals surface area (Å²) in [5, 5.41) is 8.91. The van der Waals surface area contributed by atoms with Crippen LogP contribution in [0.2, 0.25) is 0 Å². The van der Waals surface area contributed by atoms with E-state index in [4.69, 9.17) is 9.84 Å². The zero-order chi connectivity index (χ0) is 12.5. The van der Waals surface area contributed by atoms with Gasteiger partial charge in [-0.1, -0.05) is 43.0 Å². The molecule has 0 aliphatic carbocycles. The molecule has 1 N–H and O–H groups in total. The quantitative estimate of drug-likeness (QED) is 0.760. The lowest BCUT2D eigenvalue weighted by Crippen LogP contribution is -1.99. The lowest BCUT2D eigenvalue weighted by atomic mass is 10.2. The second kappa shape index (κ2) is 7.47. The van der Waals surface area contributed by atoms with Crippen LogP contribution in [0.4, 0.5) is 0 Å². The summed E-state index contributed by atoms with van der Waals surface area (Å²) in [6, 6.07) is 7.39. The number of aliphatic hydroxyl groups excluding tert-OH is 1. The molecule has 0 atom stereocenters. The van der Waals surface area contributed by atoms with Gasteiger partial charge in [-0.2, -0.15) is 0 Å². The molecule has 0 heterocycles. The summed E-state index contributed by atoms with van der Waals surface area (Å²) < 4.78 is 5.60. The minimum atomic E-state index is 0.0549. The van der Waals surface area contributed by atoms with Crippen molar-refractivity contribution in [3.8, 4) is 5.75 Å². The first-order valence-electron chi connectivity index (χ1n) is 5.57. The lowest BCUT2D eigenvalue weighted by molar-refractivity contribution is 0.281. The average molecular weight is 230 g/mol. The highest BCUT2D eigenvalue weighted by molar-refractivity contribution is 5.29. The molecule has 0 saturated carbocycles. The van der Waals surface area contributed by atoms with Gasteiger partial charge in [-0.05, 0) is 30.2 Å². The molecule has 1 aromatic rings. The van der Waals surface area contributed by atoms with E-state index < -0.39 is 0 Å². The van der Waals surface area contributed by atoms with Crippen LogP contribution in [-0.2, 0) is 6.61 Å². The normalized spacial score (nSPS) is 11.8. The van der Waals surface area contributed by atoms with Gasteiger partial charge in [0.15, 0.2) is 0 Å². The van der Waals surface area contributed by atoms with Gasteiger partial charge >= 0.3 is 0 Å². The number of rotatable bonds is 6. The molecule has 0 amide bonds. The maximum Gasteiger partial charge on any atom is 0.119 e. The van der Waals surface area contributed by atoms with Crippen LogP contribution in [0.25, 0.3) is 0 Å². The Morgan fingerprint density at radius 2 is 2.06 bits per heavy atom. The van der Waals surface area contributed by atoms with Crippen LogP contribution >= 0.6 is 0 Å². The number of hydrogen-bond acceptors (Lipinski definition) is 2. The Hall–Kier alpha value is -1.80. The fraction of sp³-hybridized carbons (Fsp3) is 0.200. The van der Waals surface area contributed by atoms with Gasteiger partial charge in [0, 0.05) is 0 Å². The summed E-state index contributed by atoms with van der Waals surface area (Å²) in [5.74, 6) is 0.787. The smallest absolute Gasteiger partial charge is 0.119 e. The molecule has 1 rings (SSSR count). The molecular weight excluding hydrogens is 212 g/mol. The van der Waals surface area contributed by atoms with Gasteiger partial charge in [0.2, 0.25) is 0 Å². The molecule has 0 unspecified atom stereocenters. The van der Waals surface area contributed by atoms with Crippen molar-refractivity contribution >= 4 is 0 Å². The van der Waals surface area contributed by atoms with E-state index in [2.05, 4.69) is 6.58 Å². The Kier molecular flexibility index (Phi) is 5.83. The van der Waals surface area contributed by atoms with E-state index in [0.29, 0.717) is 6.61 Å². The van der Waals surface area contributed by atoms with Crippen LogP contribution in [0, 0.1) is 0 Å². The van der Waals surface area contributed by atoms with E-state index in [1.165, 1.54) is 0 Å². The van der Waals surface area contributed by atoms with Crippen molar-refractivity contribution in [3.63, 3.8) is 0 Å². The van der Waals surface area contributed by atoms with Crippen LogP contribution in [0.1, 0.15) is 12.5 Å². The van der Waals surface area contributed by atoms with Crippen LogP contribution in [0.15, 0.2) is 60.7 Å². The average Bonchev–Trinajstić information content (AvgIpc) is 2.39. The molecule has 1 aromatic carbocycles.